The molecule has 0 saturated heterocycles. The van der Waals surface area contributed by atoms with Crippen LogP contribution >= 0.6 is 11.8 Å². The number of nitrogens with one attached hydrogen (secondary N) is 1. The molecule has 2 atom stereocenters. The van der Waals surface area contributed by atoms with E-state index in [1.165, 1.54) is 10.5 Å². The SMILES string of the molecule is CCOc1ccccc1C(NN)C1Cc2ccccc2S1. The normalized spacial score (nSPS) is 18.3. The molecule has 2 aromatic rings. The minimum atomic E-state index is 0.0742. The van der Waals surface area contributed by atoms with E-state index in [9.17, 15) is 0 Å². The van der Waals surface area contributed by atoms with E-state index in [1.54, 1.807) is 0 Å². The number of ether oxygens (including phenoxy) is 1. The first kappa shape index (κ1) is 14.4. The maximum atomic E-state index is 5.87. The summed E-state index contributed by atoms with van der Waals surface area (Å²) in [5, 5.41) is 0.383. The quantitative estimate of drug-likeness (QED) is 0.657. The van der Waals surface area contributed by atoms with E-state index >= 15 is 0 Å². The first-order chi connectivity index (χ1) is 10.3. The molecule has 4 heteroatoms. The van der Waals surface area contributed by atoms with E-state index < -0.39 is 0 Å². The van der Waals surface area contributed by atoms with Gasteiger partial charge in [0.2, 0.25) is 0 Å². The van der Waals surface area contributed by atoms with Crippen LogP contribution < -0.4 is 16.0 Å². The third-order valence-electron chi connectivity index (χ3n) is 3.78. The molecule has 3 nitrogen and oxygen atoms in total. The van der Waals surface area contributed by atoms with Gasteiger partial charge in [0.1, 0.15) is 5.75 Å². The highest BCUT2D eigenvalue weighted by molar-refractivity contribution is 8.00. The van der Waals surface area contributed by atoms with E-state index in [-0.39, 0.29) is 6.04 Å². The summed E-state index contributed by atoms with van der Waals surface area (Å²) >= 11 is 1.89. The summed E-state index contributed by atoms with van der Waals surface area (Å²) in [6.45, 7) is 2.66. The van der Waals surface area contributed by atoms with E-state index in [0.29, 0.717) is 11.9 Å². The van der Waals surface area contributed by atoms with Crippen LogP contribution in [-0.4, -0.2) is 11.9 Å². The fourth-order valence-electron chi connectivity index (χ4n) is 2.82. The average molecular weight is 300 g/mol. The van der Waals surface area contributed by atoms with Crippen molar-refractivity contribution in [2.24, 2.45) is 5.84 Å². The molecule has 1 aliphatic rings. The van der Waals surface area contributed by atoms with Gasteiger partial charge in [0.15, 0.2) is 0 Å². The molecule has 110 valence electrons. The van der Waals surface area contributed by atoms with Gasteiger partial charge in [-0.05, 0) is 31.0 Å². The molecule has 1 heterocycles. The number of fused-ring (bicyclic) bond motifs is 1. The molecule has 0 saturated carbocycles. The summed E-state index contributed by atoms with van der Waals surface area (Å²) in [6, 6.07) is 16.8. The highest BCUT2D eigenvalue weighted by Gasteiger charge is 2.31. The van der Waals surface area contributed by atoms with Crippen molar-refractivity contribution in [1.82, 2.24) is 5.43 Å². The fourth-order valence-corrected chi connectivity index (χ4v) is 4.23. The van der Waals surface area contributed by atoms with Crippen molar-refractivity contribution in [3.8, 4) is 5.75 Å². The lowest BCUT2D eigenvalue weighted by molar-refractivity contribution is 0.330. The van der Waals surface area contributed by atoms with Gasteiger partial charge in [-0.25, -0.2) is 0 Å². The van der Waals surface area contributed by atoms with Crippen LogP contribution in [0.2, 0.25) is 0 Å². The molecule has 0 fully saturated rings. The van der Waals surface area contributed by atoms with Crippen LogP contribution in [0.25, 0.3) is 0 Å². The Morgan fingerprint density at radius 1 is 1.24 bits per heavy atom. The molecule has 0 aromatic heterocycles. The molecule has 3 N–H and O–H groups in total. The predicted octanol–water partition coefficient (Wildman–Crippen LogP) is 3.31. The van der Waals surface area contributed by atoms with E-state index in [0.717, 1.165) is 17.7 Å². The molecule has 0 radical (unpaired) electrons. The van der Waals surface area contributed by atoms with Crippen molar-refractivity contribution in [2.45, 2.75) is 29.5 Å². The first-order valence-corrected chi connectivity index (χ1v) is 8.14. The zero-order valence-electron chi connectivity index (χ0n) is 12.1. The lowest BCUT2D eigenvalue weighted by Gasteiger charge is -2.24. The van der Waals surface area contributed by atoms with Gasteiger partial charge >= 0.3 is 0 Å². The molecule has 0 spiro atoms. The molecule has 0 bridgehead atoms. The van der Waals surface area contributed by atoms with Crippen LogP contribution in [-0.2, 0) is 6.42 Å². The van der Waals surface area contributed by atoms with Gasteiger partial charge < -0.3 is 4.74 Å². The van der Waals surface area contributed by atoms with Crippen LogP contribution in [0.15, 0.2) is 53.4 Å². The van der Waals surface area contributed by atoms with Crippen LogP contribution in [0.1, 0.15) is 24.1 Å². The lowest BCUT2D eigenvalue weighted by atomic mass is 9.98. The van der Waals surface area contributed by atoms with Gasteiger partial charge in [-0.15, -0.1) is 11.8 Å². The second kappa shape index (κ2) is 6.52. The molecular formula is C17H20N2OS. The minimum Gasteiger partial charge on any atom is -0.494 e. The number of rotatable bonds is 5. The molecule has 1 aliphatic heterocycles. The second-order valence-electron chi connectivity index (χ2n) is 5.08. The van der Waals surface area contributed by atoms with Gasteiger partial charge in [-0.3, -0.25) is 11.3 Å². The van der Waals surface area contributed by atoms with E-state index in [4.69, 9.17) is 10.6 Å². The summed E-state index contributed by atoms with van der Waals surface area (Å²) in [6.07, 6.45) is 1.02. The number of thioether (sulfide) groups is 1. The number of hydrogen-bond donors (Lipinski definition) is 2. The molecular weight excluding hydrogens is 280 g/mol. The molecule has 3 rings (SSSR count). The second-order valence-corrected chi connectivity index (χ2v) is 6.36. The van der Waals surface area contributed by atoms with Crippen molar-refractivity contribution < 1.29 is 4.74 Å². The van der Waals surface area contributed by atoms with E-state index in [2.05, 4.69) is 35.8 Å². The van der Waals surface area contributed by atoms with Crippen molar-refractivity contribution >= 4 is 11.8 Å². The Morgan fingerprint density at radius 2 is 2.00 bits per heavy atom. The maximum Gasteiger partial charge on any atom is 0.124 e. The van der Waals surface area contributed by atoms with Gasteiger partial charge in [0.05, 0.1) is 12.6 Å². The number of hydrogen-bond acceptors (Lipinski definition) is 4. The Bertz CT molecular complexity index is 592. The third kappa shape index (κ3) is 2.93. The predicted molar refractivity (Wildman–Crippen MR) is 87.5 cm³/mol. The van der Waals surface area contributed by atoms with Crippen LogP contribution in [0.4, 0.5) is 0 Å². The topological polar surface area (TPSA) is 47.3 Å². The Labute approximate surface area is 129 Å². The Morgan fingerprint density at radius 3 is 2.76 bits per heavy atom. The van der Waals surface area contributed by atoms with Crippen molar-refractivity contribution in [1.29, 1.82) is 0 Å². The monoisotopic (exact) mass is 300 g/mol. The zero-order chi connectivity index (χ0) is 14.7. The standard InChI is InChI=1S/C17H20N2OS/c1-2-20-14-9-5-4-8-13(14)17(19-18)16-11-12-7-3-6-10-15(12)21-16/h3-10,16-17,19H,2,11,18H2,1H3. The highest BCUT2D eigenvalue weighted by Crippen LogP contribution is 2.43. The summed E-state index contributed by atoms with van der Waals surface area (Å²) in [5.41, 5.74) is 5.53. The smallest absolute Gasteiger partial charge is 0.124 e. The number of benzene rings is 2. The third-order valence-corrected chi connectivity index (χ3v) is 5.17. The lowest BCUT2D eigenvalue weighted by Crippen LogP contribution is -2.35. The first-order valence-electron chi connectivity index (χ1n) is 7.26. The number of nitrogens with two attached hydrogens (primary N) is 1. The molecule has 2 aromatic carbocycles. The van der Waals surface area contributed by atoms with Gasteiger partial charge in [0, 0.05) is 15.7 Å². The Balaban J connectivity index is 1.87. The van der Waals surface area contributed by atoms with Crippen LogP contribution in [0.5, 0.6) is 5.75 Å². The molecule has 0 aliphatic carbocycles. The highest BCUT2D eigenvalue weighted by atomic mass is 32.2. The van der Waals surface area contributed by atoms with E-state index in [1.807, 2.05) is 36.9 Å². The molecule has 0 amide bonds. The number of hydrazine groups is 1. The Kier molecular flexibility index (Phi) is 4.48. The summed E-state index contributed by atoms with van der Waals surface area (Å²) in [7, 11) is 0. The minimum absolute atomic E-state index is 0.0742. The summed E-state index contributed by atoms with van der Waals surface area (Å²) < 4.78 is 5.75. The average Bonchev–Trinajstić information content (AvgIpc) is 2.93. The van der Waals surface area contributed by atoms with Crippen molar-refractivity contribution in [3.05, 3.63) is 59.7 Å². The Hall–Kier alpha value is -1.49. The van der Waals surface area contributed by atoms with Crippen molar-refractivity contribution in [3.63, 3.8) is 0 Å². The van der Waals surface area contributed by atoms with Gasteiger partial charge in [-0.1, -0.05) is 36.4 Å². The van der Waals surface area contributed by atoms with Crippen LogP contribution in [0, 0.1) is 0 Å². The zero-order valence-corrected chi connectivity index (χ0v) is 12.9. The molecule has 21 heavy (non-hydrogen) atoms. The van der Waals surface area contributed by atoms with Gasteiger partial charge in [0.25, 0.3) is 0 Å². The molecule has 2 unspecified atom stereocenters. The van der Waals surface area contributed by atoms with Crippen LogP contribution in [0.3, 0.4) is 0 Å². The van der Waals surface area contributed by atoms with Gasteiger partial charge in [-0.2, -0.15) is 0 Å². The fraction of sp³-hybridized carbons (Fsp3) is 0.294. The largest absolute Gasteiger partial charge is 0.494 e. The number of para-hydroxylation sites is 1. The summed E-state index contributed by atoms with van der Waals surface area (Å²) in [5.74, 6) is 6.78. The van der Waals surface area contributed by atoms with Crippen molar-refractivity contribution in [2.75, 3.05) is 6.61 Å². The summed E-state index contributed by atoms with van der Waals surface area (Å²) in [4.78, 5) is 1.36. The maximum absolute atomic E-state index is 5.87.